The summed E-state index contributed by atoms with van der Waals surface area (Å²) < 4.78 is 75.3. The van der Waals surface area contributed by atoms with Crippen LogP contribution in [0.4, 0.5) is 0 Å². The molecule has 0 fully saturated rings. The number of nitrogens with zero attached hydrogens (tertiary/aromatic N) is 3. The van der Waals surface area contributed by atoms with E-state index in [0.29, 0.717) is 28.4 Å². The van der Waals surface area contributed by atoms with Crippen molar-refractivity contribution in [1.82, 2.24) is 9.13 Å². The quantitative estimate of drug-likeness (QED) is 0.0517. The number of hydrogen-bond donors (Lipinski definition) is 0. The molecule has 11 aromatic carbocycles. The van der Waals surface area contributed by atoms with Gasteiger partial charge in [-0.15, -0.1) is 46.8 Å². The van der Waals surface area contributed by atoms with Gasteiger partial charge in [0.2, 0.25) is 0 Å². The second kappa shape index (κ2) is 22.0. The van der Waals surface area contributed by atoms with Crippen LogP contribution in [0.25, 0.3) is 72.2 Å². The predicted octanol–water partition coefficient (Wildman–Crippen LogP) is 15.6. The standard InChI is InChI=1S/C76H62N3OSi.Pt/c1-75(2,3)52-56-48-58(44-46-65(56)54-26-11-7-12-27-54)79-70-41-20-19-38-67(70)68-47-45-60(51-73(68)79)80-59-30-24-29-57(50-59)77-53-78(72-43-22-21-42-71(72)77)74-66(39-25-40-69(74)76(4,5)6)55-28-23-37-64(49-55)81(61-31-13-8-14-32-61,62-33-15-9-16-34-62)63-35-17-10-18-36-63;/h7-43,45-49H,52H2,1-6H3;/q-3;+4/i7D,11D,12D,26D,27D,52D2;. The molecule has 400 valence electrons. The molecule has 0 aliphatic heterocycles. The van der Waals surface area contributed by atoms with Crippen molar-refractivity contribution in [3.05, 3.63) is 290 Å². The molecule has 0 spiro atoms. The zero-order chi connectivity index (χ0) is 61.4. The van der Waals surface area contributed by atoms with Crippen LogP contribution in [-0.4, -0.2) is 17.2 Å². The molecule has 4 nitrogen and oxygen atoms in total. The Morgan fingerprint density at radius 3 is 1.83 bits per heavy atom. The Bertz CT molecular complexity index is 4720. The molecule has 2 heterocycles. The second-order valence-corrected chi connectivity index (χ2v) is 26.4. The fourth-order valence-corrected chi connectivity index (χ4v) is 16.4. The van der Waals surface area contributed by atoms with E-state index >= 15 is 0 Å². The van der Waals surface area contributed by atoms with E-state index in [1.807, 2.05) is 69.8 Å². The van der Waals surface area contributed by atoms with Crippen molar-refractivity contribution in [1.29, 1.82) is 0 Å². The van der Waals surface area contributed by atoms with Crippen molar-refractivity contribution in [2.75, 3.05) is 0 Å². The van der Waals surface area contributed by atoms with E-state index in [4.69, 9.17) is 11.6 Å². The molecule has 13 aromatic rings. The van der Waals surface area contributed by atoms with Crippen LogP contribution in [0.5, 0.6) is 11.5 Å². The van der Waals surface area contributed by atoms with Crippen LogP contribution in [0.1, 0.15) is 62.3 Å². The molecule has 2 aromatic heterocycles. The average Bonchev–Trinajstić information content (AvgIpc) is 1.66. The molecule has 0 atom stereocenters. The molecule has 6 heteroatoms. The Kier molecular flexibility index (Phi) is 12.4. The van der Waals surface area contributed by atoms with Gasteiger partial charge in [0.1, 0.15) is 0 Å². The van der Waals surface area contributed by atoms with Gasteiger partial charge in [0.25, 0.3) is 6.33 Å². The molecule has 0 aliphatic carbocycles. The molecular weight excluding hydrogens is 1190 g/mol. The normalized spacial score (nSPS) is 13.4. The number of rotatable bonds is 12. The fourth-order valence-electron chi connectivity index (χ4n) is 11.6. The average molecular weight is 1260 g/mol. The Balaban J connectivity index is 0.00000769. The summed E-state index contributed by atoms with van der Waals surface area (Å²) in [6.45, 7) is 12.1. The minimum absolute atomic E-state index is 0. The van der Waals surface area contributed by atoms with E-state index < -0.39 is 50.1 Å². The van der Waals surface area contributed by atoms with E-state index in [1.54, 1.807) is 32.9 Å². The summed E-state index contributed by atoms with van der Waals surface area (Å²) in [7, 11) is -2.88. The van der Waals surface area contributed by atoms with Crippen LogP contribution in [0.15, 0.2) is 255 Å². The van der Waals surface area contributed by atoms with Gasteiger partial charge in [-0.1, -0.05) is 264 Å². The first kappa shape index (κ1) is 46.1. The van der Waals surface area contributed by atoms with E-state index in [2.05, 4.69) is 202 Å². The molecule has 0 N–H and O–H groups in total. The summed E-state index contributed by atoms with van der Waals surface area (Å²) in [4.78, 5) is 0. The summed E-state index contributed by atoms with van der Waals surface area (Å²) in [6.07, 6.45) is 1.79. The van der Waals surface area contributed by atoms with Crippen molar-refractivity contribution in [3.8, 4) is 50.8 Å². The summed E-state index contributed by atoms with van der Waals surface area (Å²) in [5.41, 5.74) is 7.86. The van der Waals surface area contributed by atoms with Gasteiger partial charge < -0.3 is 13.9 Å². The summed E-state index contributed by atoms with van der Waals surface area (Å²) >= 11 is 0. The largest absolute Gasteiger partial charge is 4.00 e. The molecule has 13 rings (SSSR count). The maximum absolute atomic E-state index is 9.61. The van der Waals surface area contributed by atoms with Crippen LogP contribution in [0.2, 0.25) is 0 Å². The summed E-state index contributed by atoms with van der Waals surface area (Å²) in [6, 6.07) is 86.3. The van der Waals surface area contributed by atoms with Crippen LogP contribution >= 0.6 is 0 Å². The molecule has 0 aliphatic rings. The van der Waals surface area contributed by atoms with Gasteiger partial charge >= 0.3 is 21.1 Å². The first-order valence-electron chi connectivity index (χ1n) is 30.9. The monoisotopic (exact) mass is 1260 g/mol. The van der Waals surface area contributed by atoms with Crippen LogP contribution in [-0.2, 0) is 32.9 Å². The Labute approximate surface area is 507 Å². The number of imidazole rings is 1. The number of fused-ring (bicyclic) bond motifs is 4. The molecule has 0 saturated carbocycles. The minimum atomic E-state index is -2.88. The topological polar surface area (TPSA) is 23.0 Å². The Hall–Kier alpha value is -8.60. The van der Waals surface area contributed by atoms with E-state index in [9.17, 15) is 2.74 Å². The third-order valence-electron chi connectivity index (χ3n) is 15.1. The smallest absolute Gasteiger partial charge is 0.510 e. The van der Waals surface area contributed by atoms with E-state index in [0.717, 1.165) is 49.7 Å². The molecule has 0 radical (unpaired) electrons. The number of para-hydroxylation sites is 4. The van der Waals surface area contributed by atoms with Gasteiger partial charge in [0.15, 0.2) is 8.07 Å². The zero-order valence-electron chi connectivity index (χ0n) is 53.4. The van der Waals surface area contributed by atoms with Gasteiger partial charge in [-0.05, 0) is 71.8 Å². The van der Waals surface area contributed by atoms with Gasteiger partial charge in [-0.3, -0.25) is 4.57 Å². The molecular formula is C76H62N3OPtSi+. The third-order valence-corrected chi connectivity index (χ3v) is 19.9. The first-order valence-corrected chi connectivity index (χ1v) is 29.4. The van der Waals surface area contributed by atoms with Crippen molar-refractivity contribution < 1.29 is 40.0 Å². The van der Waals surface area contributed by atoms with Gasteiger partial charge in [0, 0.05) is 19.8 Å². The fraction of sp³-hybridized carbons (Fsp3) is 0.118. The Morgan fingerprint density at radius 2 is 1.15 bits per heavy atom. The molecule has 0 bridgehead atoms. The summed E-state index contributed by atoms with van der Waals surface area (Å²) in [5, 5.41) is 6.98. The van der Waals surface area contributed by atoms with Crippen molar-refractivity contribution >= 4 is 61.7 Å². The van der Waals surface area contributed by atoms with Crippen molar-refractivity contribution in [3.63, 3.8) is 0 Å². The third kappa shape index (κ3) is 9.97. The SMILES string of the molecule is [2H]c1c([2H])c([2H])c(-c2c[c-]c(-n3c4[c-]c(Oc5[c-]c(-n6[c-][n+](-c7c(-c8cccc([Si](c9ccccc9)(c9ccccc9)c9ccccc9)c8)cccc7C(C)(C)C)c7ccccc76)ccc5)ccc4c4ccccc43)cc2C([2H])([2H])C(C)(C)C)c([2H])c1[2H].[Pt+4]. The maximum atomic E-state index is 9.61. The molecule has 0 saturated heterocycles. The maximum Gasteiger partial charge on any atom is 4.00 e. The first-order chi connectivity index (χ1) is 42.3. The molecule has 82 heavy (non-hydrogen) atoms. The number of hydrogen-bond acceptors (Lipinski definition) is 1. The number of ether oxygens (including phenoxy) is 1. The van der Waals surface area contributed by atoms with E-state index in [-0.39, 0.29) is 43.2 Å². The van der Waals surface area contributed by atoms with Crippen molar-refractivity contribution in [2.24, 2.45) is 5.41 Å². The molecule has 0 unspecified atom stereocenters. The van der Waals surface area contributed by atoms with Crippen LogP contribution in [0.3, 0.4) is 0 Å². The van der Waals surface area contributed by atoms with Crippen LogP contribution < -0.4 is 30.1 Å². The number of aromatic nitrogens is 3. The number of benzene rings is 11. The van der Waals surface area contributed by atoms with Crippen molar-refractivity contribution in [2.45, 2.75) is 53.3 Å². The Morgan fingerprint density at radius 1 is 0.537 bits per heavy atom. The predicted molar refractivity (Wildman–Crippen MR) is 337 cm³/mol. The molecule has 0 amide bonds. The minimum Gasteiger partial charge on any atom is -0.510 e. The van der Waals surface area contributed by atoms with Gasteiger partial charge in [-0.25, -0.2) is 0 Å². The van der Waals surface area contributed by atoms with Gasteiger partial charge in [0.05, 0.1) is 23.6 Å². The van der Waals surface area contributed by atoms with E-state index in [1.165, 1.54) is 20.7 Å². The second-order valence-electron chi connectivity index (χ2n) is 22.6. The van der Waals surface area contributed by atoms with Gasteiger partial charge in [-0.2, -0.15) is 30.3 Å². The zero-order valence-corrected chi connectivity index (χ0v) is 49.7. The summed E-state index contributed by atoms with van der Waals surface area (Å²) in [5.74, 6) is 0.853. The van der Waals surface area contributed by atoms with Crippen LogP contribution in [0, 0.1) is 29.9 Å².